The zero-order valence-corrected chi connectivity index (χ0v) is 29.0. The molecular formula is C40H43N7O5. The van der Waals surface area contributed by atoms with Gasteiger partial charge in [-0.05, 0) is 52.6 Å². The first-order valence-electron chi connectivity index (χ1n) is 17.6. The maximum absolute atomic E-state index is 14.4. The number of aromatic nitrogens is 1. The Labute approximate surface area is 303 Å². The minimum absolute atomic E-state index is 0.0823. The molecule has 2 atom stereocenters. The Bertz CT molecular complexity index is 1880. The van der Waals surface area contributed by atoms with Crippen LogP contribution in [-0.2, 0) is 33.8 Å². The lowest BCUT2D eigenvalue weighted by Gasteiger charge is -2.55. The number of piperazine rings is 1. The number of pyridine rings is 1. The van der Waals surface area contributed by atoms with Crippen LogP contribution in [0.15, 0.2) is 110 Å². The van der Waals surface area contributed by atoms with Crippen molar-refractivity contribution in [3.05, 3.63) is 127 Å². The molecule has 3 aliphatic heterocycles. The summed E-state index contributed by atoms with van der Waals surface area (Å²) in [5, 5.41) is 16.2. The number of hydrogen-bond donors (Lipinski definition) is 2. The molecule has 0 saturated carbocycles. The van der Waals surface area contributed by atoms with Gasteiger partial charge in [0.1, 0.15) is 23.8 Å². The monoisotopic (exact) mass is 701 g/mol. The van der Waals surface area contributed by atoms with Crippen LogP contribution in [0.2, 0.25) is 0 Å². The fraction of sp³-hybridized carbons (Fsp3) is 0.300. The maximum atomic E-state index is 14.4. The van der Waals surface area contributed by atoms with E-state index in [0.717, 1.165) is 46.7 Å². The number of nitrogens with one attached hydrogen (secondary N) is 1. The van der Waals surface area contributed by atoms with Gasteiger partial charge in [-0.15, -0.1) is 6.58 Å². The molecule has 3 aromatic carbocycles. The summed E-state index contributed by atoms with van der Waals surface area (Å²) < 4.78 is 5.48. The number of fused-ring (bicyclic) bond motifs is 1. The van der Waals surface area contributed by atoms with Crippen molar-refractivity contribution in [3.8, 4) is 16.9 Å². The predicted octanol–water partition coefficient (Wildman–Crippen LogP) is 4.03. The second-order valence-corrected chi connectivity index (χ2v) is 13.2. The number of morpholine rings is 1. The average Bonchev–Trinajstić information content (AvgIpc) is 3.17. The molecule has 3 saturated heterocycles. The molecule has 52 heavy (non-hydrogen) atoms. The molecule has 3 aliphatic rings. The van der Waals surface area contributed by atoms with Gasteiger partial charge in [0.25, 0.3) is 0 Å². The topological polar surface area (TPSA) is 122 Å². The highest BCUT2D eigenvalue weighted by molar-refractivity contribution is 5.91. The number of hydrogen-bond acceptors (Lipinski definition) is 8. The van der Waals surface area contributed by atoms with Crippen LogP contribution in [0, 0.1) is 0 Å². The molecule has 0 bridgehead atoms. The summed E-state index contributed by atoms with van der Waals surface area (Å²) in [6, 6.07) is 27.1. The van der Waals surface area contributed by atoms with Gasteiger partial charge in [0.05, 0.1) is 26.3 Å². The number of urea groups is 1. The number of phenols is 1. The first-order valence-corrected chi connectivity index (χ1v) is 17.6. The summed E-state index contributed by atoms with van der Waals surface area (Å²) >= 11 is 0. The zero-order chi connectivity index (χ0) is 36.0. The van der Waals surface area contributed by atoms with E-state index in [0.29, 0.717) is 19.8 Å². The van der Waals surface area contributed by atoms with Crippen molar-refractivity contribution in [1.82, 2.24) is 30.1 Å². The smallest absolute Gasteiger partial charge is 0.334 e. The van der Waals surface area contributed by atoms with Crippen molar-refractivity contribution >= 4 is 23.7 Å². The lowest BCUT2D eigenvalue weighted by Crippen LogP contribution is -2.76. The molecule has 1 aromatic heterocycles. The fourth-order valence-electron chi connectivity index (χ4n) is 7.16. The summed E-state index contributed by atoms with van der Waals surface area (Å²) in [6.07, 6.45) is 2.99. The third kappa shape index (κ3) is 7.63. The van der Waals surface area contributed by atoms with Crippen LogP contribution in [0.5, 0.6) is 5.75 Å². The second kappa shape index (κ2) is 15.7. The van der Waals surface area contributed by atoms with Gasteiger partial charge in [-0.1, -0.05) is 66.7 Å². The van der Waals surface area contributed by atoms with Gasteiger partial charge in [0.2, 0.25) is 11.8 Å². The molecule has 3 fully saturated rings. The summed E-state index contributed by atoms with van der Waals surface area (Å²) in [4.78, 5) is 52.7. The van der Waals surface area contributed by atoms with Crippen LogP contribution < -0.4 is 10.2 Å². The highest BCUT2D eigenvalue weighted by Gasteiger charge is 2.51. The third-order valence-corrected chi connectivity index (χ3v) is 9.75. The molecule has 4 amide bonds. The number of benzene rings is 3. The van der Waals surface area contributed by atoms with Crippen molar-refractivity contribution in [2.75, 3.05) is 50.8 Å². The molecule has 12 nitrogen and oxygen atoms in total. The number of carbonyl (C=O) groups excluding carboxylic acids is 3. The maximum Gasteiger partial charge on any atom is 0.334 e. The quantitative estimate of drug-likeness (QED) is 0.238. The van der Waals surface area contributed by atoms with Crippen LogP contribution in [0.1, 0.15) is 16.7 Å². The minimum Gasteiger partial charge on any atom is -0.508 e. The summed E-state index contributed by atoms with van der Waals surface area (Å²) in [5.41, 5.74) is 4.56. The van der Waals surface area contributed by atoms with Gasteiger partial charge in [-0.3, -0.25) is 9.59 Å². The van der Waals surface area contributed by atoms with E-state index in [4.69, 9.17) is 9.72 Å². The van der Waals surface area contributed by atoms with Gasteiger partial charge < -0.3 is 29.9 Å². The summed E-state index contributed by atoms with van der Waals surface area (Å²) in [6.45, 7) is 7.73. The zero-order valence-electron chi connectivity index (χ0n) is 29.0. The molecule has 0 radical (unpaired) electrons. The van der Waals surface area contributed by atoms with Crippen LogP contribution in [-0.4, -0.2) is 106 Å². The van der Waals surface area contributed by atoms with Gasteiger partial charge in [-0.2, -0.15) is 0 Å². The van der Waals surface area contributed by atoms with Crippen molar-refractivity contribution in [3.63, 3.8) is 0 Å². The normalized spacial score (nSPS) is 19.4. The number of amides is 4. The molecule has 4 aromatic rings. The van der Waals surface area contributed by atoms with Crippen molar-refractivity contribution in [2.45, 2.75) is 31.7 Å². The van der Waals surface area contributed by atoms with Gasteiger partial charge in [0, 0.05) is 50.9 Å². The molecular weight excluding hydrogens is 658 g/mol. The highest BCUT2D eigenvalue weighted by atomic mass is 16.5. The van der Waals surface area contributed by atoms with Gasteiger partial charge in [0.15, 0.2) is 0 Å². The Balaban J connectivity index is 1.18. The number of phenolic OH excluding ortho intramolecular Hbond substituents is 1. The number of carbonyl (C=O) groups is 3. The van der Waals surface area contributed by atoms with E-state index < -0.39 is 12.2 Å². The summed E-state index contributed by atoms with van der Waals surface area (Å²) in [7, 11) is 0. The van der Waals surface area contributed by atoms with Crippen LogP contribution in [0.4, 0.5) is 10.6 Å². The van der Waals surface area contributed by atoms with Crippen molar-refractivity contribution in [1.29, 1.82) is 0 Å². The van der Waals surface area contributed by atoms with Crippen molar-refractivity contribution < 1.29 is 24.2 Å². The lowest BCUT2D eigenvalue weighted by atomic mass is 9.98. The predicted molar refractivity (Wildman–Crippen MR) is 197 cm³/mol. The fourth-order valence-corrected chi connectivity index (χ4v) is 7.16. The van der Waals surface area contributed by atoms with E-state index in [9.17, 15) is 19.5 Å². The Morgan fingerprint density at radius 3 is 2.42 bits per heavy atom. The van der Waals surface area contributed by atoms with Gasteiger partial charge >= 0.3 is 6.03 Å². The van der Waals surface area contributed by atoms with Crippen LogP contribution in [0.25, 0.3) is 11.1 Å². The molecule has 4 heterocycles. The number of aromatic hydroxyl groups is 1. The molecule has 0 spiro atoms. The van der Waals surface area contributed by atoms with Crippen LogP contribution in [0.3, 0.4) is 0 Å². The number of hydrazine groups is 1. The molecule has 12 heteroatoms. The standard InChI is InChI=1S/C40H43N7O5/c1-2-17-45-28-38(49)46-35(23-29-11-14-34(48)15-12-29)39(50)44(27-37(46)47(45)40(51)42-24-30-7-4-3-5-8-30)26-31-9-6-10-32(22-31)33-13-16-36(41-25-33)43-18-20-52-21-19-43/h2-16,22,25,35,37,48H,1,17-21,23-24,26-28H2,(H,42,51). The Morgan fingerprint density at radius 1 is 0.923 bits per heavy atom. The van der Waals surface area contributed by atoms with E-state index in [1.807, 2.05) is 60.8 Å². The molecule has 2 N–H and O–H groups in total. The van der Waals surface area contributed by atoms with Crippen LogP contribution >= 0.6 is 0 Å². The van der Waals surface area contributed by atoms with E-state index in [2.05, 4.69) is 28.9 Å². The number of rotatable bonds is 10. The Morgan fingerprint density at radius 2 is 1.69 bits per heavy atom. The molecule has 268 valence electrons. The average molecular weight is 702 g/mol. The first-order chi connectivity index (χ1) is 25.4. The Kier molecular flexibility index (Phi) is 10.5. The highest BCUT2D eigenvalue weighted by Crippen LogP contribution is 2.30. The third-order valence-electron chi connectivity index (χ3n) is 9.75. The minimum atomic E-state index is -0.869. The number of ether oxygens (including phenoxy) is 1. The molecule has 2 unspecified atom stereocenters. The number of nitrogens with zero attached hydrogens (tertiary/aromatic N) is 6. The number of anilines is 1. The van der Waals surface area contributed by atoms with E-state index in [1.165, 1.54) is 0 Å². The molecule has 0 aliphatic carbocycles. The first kappa shape index (κ1) is 34.7. The largest absolute Gasteiger partial charge is 0.508 e. The lowest BCUT2D eigenvalue weighted by molar-refractivity contribution is -0.189. The van der Waals surface area contributed by atoms with E-state index >= 15 is 0 Å². The Hall–Kier alpha value is -5.72. The summed E-state index contributed by atoms with van der Waals surface area (Å²) in [5.74, 6) is 0.572. The van der Waals surface area contributed by atoms with E-state index in [1.54, 1.807) is 50.2 Å². The van der Waals surface area contributed by atoms with Gasteiger partial charge in [-0.25, -0.2) is 19.8 Å². The molecule has 7 rings (SSSR count). The second-order valence-electron chi connectivity index (χ2n) is 13.2. The van der Waals surface area contributed by atoms with Crippen molar-refractivity contribution in [2.24, 2.45) is 0 Å². The SMILES string of the molecule is C=CCN1CC(=O)N2C(Cc3ccc(O)cc3)C(=O)N(Cc3cccc(-c4ccc(N5CCOCC5)nc4)c3)CC2N1C(=O)NCc1ccccc1. The van der Waals surface area contributed by atoms with E-state index in [-0.39, 0.29) is 56.2 Å².